The van der Waals surface area contributed by atoms with Crippen LogP contribution in [-0.2, 0) is 4.79 Å². The maximum atomic E-state index is 10.5. The Labute approximate surface area is 103 Å². The smallest absolute Gasteiger partial charge is 0.290 e. The first-order chi connectivity index (χ1) is 8.69. The van der Waals surface area contributed by atoms with Crippen molar-refractivity contribution in [3.63, 3.8) is 0 Å². The van der Waals surface area contributed by atoms with Gasteiger partial charge >= 0.3 is 0 Å². The maximum Gasteiger partial charge on any atom is 0.290 e. The molecule has 0 spiro atoms. The lowest BCUT2D eigenvalue weighted by Crippen LogP contribution is -1.86. The largest absolute Gasteiger partial charge is 0.483 e. The fourth-order valence-electron chi connectivity index (χ4n) is 1.41. The van der Waals surface area contributed by atoms with E-state index in [2.05, 4.69) is 0 Å². The monoisotopic (exact) mass is 245 g/mol. The van der Waals surface area contributed by atoms with E-state index in [1.807, 2.05) is 30.3 Å². The topological polar surface area (TPSA) is 80.4 Å². The first-order valence-corrected chi connectivity index (χ1v) is 5.06. The molecule has 92 valence electrons. The predicted octanol–water partition coefficient (Wildman–Crippen LogP) is 2.96. The number of hydrogen-bond acceptors (Lipinski definition) is 3. The lowest BCUT2D eigenvalue weighted by atomic mass is 10.1. The number of carboxylic acid groups (broad SMARTS) is 1. The number of rotatable bonds is 2. The average molecular weight is 245 g/mol. The van der Waals surface area contributed by atoms with Crippen molar-refractivity contribution in [3.8, 4) is 11.1 Å². The van der Waals surface area contributed by atoms with Crippen LogP contribution in [0.3, 0.4) is 0 Å². The van der Waals surface area contributed by atoms with Gasteiger partial charge in [-0.3, -0.25) is 14.9 Å². The van der Waals surface area contributed by atoms with Crippen molar-refractivity contribution >= 4 is 12.2 Å². The zero-order chi connectivity index (χ0) is 13.4. The number of carbonyl (C=O) groups is 1. The van der Waals surface area contributed by atoms with Gasteiger partial charge in [-0.25, -0.2) is 0 Å². The highest BCUT2D eigenvalue weighted by molar-refractivity contribution is 5.64. The lowest BCUT2D eigenvalue weighted by Gasteiger charge is -1.99. The highest BCUT2D eigenvalue weighted by Gasteiger charge is 2.04. The highest BCUT2D eigenvalue weighted by atomic mass is 16.6. The van der Waals surface area contributed by atoms with Crippen LogP contribution in [0.25, 0.3) is 11.1 Å². The van der Waals surface area contributed by atoms with Crippen LogP contribution < -0.4 is 0 Å². The number of nitro groups is 1. The van der Waals surface area contributed by atoms with Gasteiger partial charge in [-0.1, -0.05) is 30.3 Å². The van der Waals surface area contributed by atoms with Crippen molar-refractivity contribution in [3.05, 3.63) is 64.7 Å². The van der Waals surface area contributed by atoms with Gasteiger partial charge in [0.25, 0.3) is 12.2 Å². The molecule has 0 aliphatic heterocycles. The summed E-state index contributed by atoms with van der Waals surface area (Å²) in [7, 11) is 0. The van der Waals surface area contributed by atoms with E-state index in [1.165, 1.54) is 12.1 Å². The molecule has 0 amide bonds. The summed E-state index contributed by atoms with van der Waals surface area (Å²) >= 11 is 0. The molecule has 0 aliphatic carbocycles. The molecule has 0 heterocycles. The summed E-state index contributed by atoms with van der Waals surface area (Å²) in [6.45, 7) is -0.250. The van der Waals surface area contributed by atoms with Crippen LogP contribution in [0.5, 0.6) is 0 Å². The third-order valence-electron chi connectivity index (χ3n) is 2.19. The molecule has 0 bridgehead atoms. The molecule has 0 aromatic heterocycles. The first-order valence-electron chi connectivity index (χ1n) is 5.06. The van der Waals surface area contributed by atoms with Crippen LogP contribution in [-0.4, -0.2) is 16.5 Å². The molecular formula is C13H11NO4. The SMILES string of the molecule is O=CO.O=[N+]([O-])c1ccc(-c2ccccc2)cc1. The normalized spacial score (nSPS) is 8.89. The summed E-state index contributed by atoms with van der Waals surface area (Å²) in [6.07, 6.45) is 0. The Morgan fingerprint density at radius 2 is 1.39 bits per heavy atom. The van der Waals surface area contributed by atoms with Crippen LogP contribution in [0.2, 0.25) is 0 Å². The summed E-state index contributed by atoms with van der Waals surface area (Å²) < 4.78 is 0. The van der Waals surface area contributed by atoms with E-state index >= 15 is 0 Å². The third kappa shape index (κ3) is 3.71. The molecule has 0 atom stereocenters. The minimum Gasteiger partial charge on any atom is -0.483 e. The standard InChI is InChI=1S/C12H9NO2.CH2O2/c14-13(15)12-8-6-11(7-9-12)10-4-2-1-3-5-10;2-1-3/h1-9H;1H,(H,2,3). The minimum absolute atomic E-state index is 0.120. The molecule has 1 N–H and O–H groups in total. The molecule has 2 aromatic carbocycles. The van der Waals surface area contributed by atoms with Gasteiger partial charge in [0.1, 0.15) is 0 Å². The van der Waals surface area contributed by atoms with E-state index in [4.69, 9.17) is 9.90 Å². The van der Waals surface area contributed by atoms with Crippen LogP contribution in [0.4, 0.5) is 5.69 Å². The Morgan fingerprint density at radius 3 is 1.83 bits per heavy atom. The summed E-state index contributed by atoms with van der Waals surface area (Å²) in [5.41, 5.74) is 2.17. The van der Waals surface area contributed by atoms with Gasteiger partial charge in [0, 0.05) is 12.1 Å². The van der Waals surface area contributed by atoms with Gasteiger partial charge in [0.2, 0.25) is 0 Å². The second-order valence-corrected chi connectivity index (χ2v) is 3.28. The molecule has 18 heavy (non-hydrogen) atoms. The van der Waals surface area contributed by atoms with E-state index in [0.717, 1.165) is 11.1 Å². The molecule has 0 saturated heterocycles. The number of hydrogen-bond donors (Lipinski definition) is 1. The van der Waals surface area contributed by atoms with Crippen molar-refractivity contribution < 1.29 is 14.8 Å². The highest BCUT2D eigenvalue weighted by Crippen LogP contribution is 2.21. The summed E-state index contributed by atoms with van der Waals surface area (Å²) in [5, 5.41) is 17.3. The van der Waals surface area contributed by atoms with Crippen LogP contribution >= 0.6 is 0 Å². The van der Waals surface area contributed by atoms with Gasteiger partial charge in [-0.05, 0) is 23.3 Å². The quantitative estimate of drug-likeness (QED) is 0.501. The van der Waals surface area contributed by atoms with E-state index in [1.54, 1.807) is 12.1 Å². The lowest BCUT2D eigenvalue weighted by molar-refractivity contribution is -0.384. The molecule has 2 rings (SSSR count). The molecular weight excluding hydrogens is 234 g/mol. The Bertz CT molecular complexity index is 508. The number of nitro benzene ring substituents is 1. The van der Waals surface area contributed by atoms with E-state index in [-0.39, 0.29) is 12.2 Å². The first kappa shape index (κ1) is 13.4. The summed E-state index contributed by atoms with van der Waals surface area (Å²) in [4.78, 5) is 18.4. The number of non-ortho nitro benzene ring substituents is 1. The van der Waals surface area contributed by atoms with Crippen molar-refractivity contribution in [2.24, 2.45) is 0 Å². The fourth-order valence-corrected chi connectivity index (χ4v) is 1.41. The Hall–Kier alpha value is -2.69. The van der Waals surface area contributed by atoms with E-state index in [9.17, 15) is 10.1 Å². The Morgan fingerprint density at radius 1 is 0.944 bits per heavy atom. The second-order valence-electron chi connectivity index (χ2n) is 3.28. The van der Waals surface area contributed by atoms with Crippen LogP contribution in [0.15, 0.2) is 54.6 Å². The van der Waals surface area contributed by atoms with Crippen molar-refractivity contribution in [1.82, 2.24) is 0 Å². The molecule has 2 aromatic rings. The van der Waals surface area contributed by atoms with Crippen molar-refractivity contribution in [2.75, 3.05) is 0 Å². The average Bonchev–Trinajstić information content (AvgIpc) is 2.41. The summed E-state index contributed by atoms with van der Waals surface area (Å²) in [6, 6.07) is 16.3. The van der Waals surface area contributed by atoms with E-state index in [0.29, 0.717) is 0 Å². The maximum absolute atomic E-state index is 10.5. The number of benzene rings is 2. The van der Waals surface area contributed by atoms with Crippen LogP contribution in [0.1, 0.15) is 0 Å². The number of nitrogens with zero attached hydrogens (tertiary/aromatic N) is 1. The van der Waals surface area contributed by atoms with Gasteiger partial charge in [0.15, 0.2) is 0 Å². The Kier molecular flexibility index (Phi) is 5.05. The molecule has 5 nitrogen and oxygen atoms in total. The molecule has 0 saturated carbocycles. The molecule has 0 unspecified atom stereocenters. The van der Waals surface area contributed by atoms with Gasteiger partial charge in [-0.2, -0.15) is 0 Å². The third-order valence-corrected chi connectivity index (χ3v) is 2.19. The molecule has 0 aliphatic rings. The van der Waals surface area contributed by atoms with Crippen molar-refractivity contribution in [2.45, 2.75) is 0 Å². The predicted molar refractivity (Wildman–Crippen MR) is 67.2 cm³/mol. The Balaban J connectivity index is 0.000000492. The van der Waals surface area contributed by atoms with Gasteiger partial charge in [0.05, 0.1) is 4.92 Å². The van der Waals surface area contributed by atoms with Gasteiger partial charge < -0.3 is 5.11 Å². The fraction of sp³-hybridized carbons (Fsp3) is 0. The minimum atomic E-state index is -0.394. The molecule has 0 radical (unpaired) electrons. The zero-order valence-corrected chi connectivity index (χ0v) is 9.39. The van der Waals surface area contributed by atoms with Crippen LogP contribution in [0, 0.1) is 10.1 Å². The zero-order valence-electron chi connectivity index (χ0n) is 9.39. The molecule has 0 fully saturated rings. The molecule has 5 heteroatoms. The summed E-state index contributed by atoms with van der Waals surface area (Å²) in [5.74, 6) is 0. The second kappa shape index (κ2) is 6.80. The van der Waals surface area contributed by atoms with E-state index < -0.39 is 4.92 Å². The van der Waals surface area contributed by atoms with Gasteiger partial charge in [-0.15, -0.1) is 0 Å². The van der Waals surface area contributed by atoms with Crippen molar-refractivity contribution in [1.29, 1.82) is 0 Å².